The van der Waals surface area contributed by atoms with Crippen molar-refractivity contribution >= 4 is 17.6 Å². The van der Waals surface area contributed by atoms with Crippen LogP contribution in [0.25, 0.3) is 0 Å². The van der Waals surface area contributed by atoms with Gasteiger partial charge in [0.15, 0.2) is 6.29 Å². The molecular formula is C14H17NOS. The minimum Gasteiger partial charge on any atom is -0.340 e. The van der Waals surface area contributed by atoms with Crippen LogP contribution in [0.3, 0.4) is 0 Å². The van der Waals surface area contributed by atoms with Crippen LogP contribution < -0.4 is 0 Å². The maximum atomic E-state index is 11.0. The molecule has 2 nitrogen and oxygen atoms in total. The number of carbonyl (C=O) groups excluding carboxylic acids is 1. The summed E-state index contributed by atoms with van der Waals surface area (Å²) in [6, 6.07) is 6.57. The summed E-state index contributed by atoms with van der Waals surface area (Å²) in [6.45, 7) is 6.27. The van der Waals surface area contributed by atoms with Gasteiger partial charge < -0.3 is 4.57 Å². The van der Waals surface area contributed by atoms with Gasteiger partial charge in [0.05, 0.1) is 6.04 Å². The van der Waals surface area contributed by atoms with Gasteiger partial charge in [-0.1, -0.05) is 13.0 Å². The number of aldehydes is 1. The summed E-state index contributed by atoms with van der Waals surface area (Å²) in [6.07, 6.45) is 1.98. The highest BCUT2D eigenvalue weighted by Crippen LogP contribution is 2.30. The number of hydrogen-bond donors (Lipinski definition) is 0. The lowest BCUT2D eigenvalue weighted by atomic mass is 10.1. The minimum atomic E-state index is 0.351. The highest BCUT2D eigenvalue weighted by atomic mass is 32.1. The molecule has 3 heteroatoms. The molecule has 0 N–H and O–H groups in total. The van der Waals surface area contributed by atoms with E-state index in [1.165, 1.54) is 4.88 Å². The first-order chi connectivity index (χ1) is 8.19. The van der Waals surface area contributed by atoms with Crippen molar-refractivity contribution in [1.82, 2.24) is 4.57 Å². The van der Waals surface area contributed by atoms with E-state index in [-0.39, 0.29) is 0 Å². The average Bonchev–Trinajstić information content (AvgIpc) is 2.92. The van der Waals surface area contributed by atoms with Gasteiger partial charge in [-0.25, -0.2) is 0 Å². The molecule has 1 unspecified atom stereocenters. The minimum absolute atomic E-state index is 0.351. The highest BCUT2D eigenvalue weighted by molar-refractivity contribution is 7.10. The normalized spacial score (nSPS) is 12.6. The molecule has 0 aliphatic heterocycles. The van der Waals surface area contributed by atoms with Gasteiger partial charge in [-0.05, 0) is 37.8 Å². The lowest BCUT2D eigenvalue weighted by Crippen LogP contribution is -2.11. The van der Waals surface area contributed by atoms with Crippen LogP contribution in [0.15, 0.2) is 23.6 Å². The zero-order valence-electron chi connectivity index (χ0n) is 10.4. The summed E-state index contributed by atoms with van der Waals surface area (Å²) >= 11 is 1.78. The second-order valence-electron chi connectivity index (χ2n) is 4.25. The summed E-state index contributed by atoms with van der Waals surface area (Å²) in [5, 5.41) is 2.10. The summed E-state index contributed by atoms with van der Waals surface area (Å²) in [7, 11) is 0. The van der Waals surface area contributed by atoms with Gasteiger partial charge in [0.25, 0.3) is 0 Å². The zero-order chi connectivity index (χ0) is 12.4. The molecule has 0 amide bonds. The largest absolute Gasteiger partial charge is 0.340 e. The van der Waals surface area contributed by atoms with Crippen molar-refractivity contribution in [3.8, 4) is 0 Å². The molecule has 0 radical (unpaired) electrons. The van der Waals surface area contributed by atoms with Crippen molar-refractivity contribution in [3.63, 3.8) is 0 Å². The molecule has 0 saturated carbocycles. The van der Waals surface area contributed by atoms with Gasteiger partial charge in [0.1, 0.15) is 0 Å². The molecule has 1 atom stereocenters. The topological polar surface area (TPSA) is 22.0 Å². The van der Waals surface area contributed by atoms with Gasteiger partial charge in [-0.2, -0.15) is 0 Å². The molecule has 0 saturated heterocycles. The SMILES string of the molecule is CCC(c1cccs1)n1c(C)cc(C=O)c1C. The highest BCUT2D eigenvalue weighted by Gasteiger charge is 2.18. The molecule has 17 heavy (non-hydrogen) atoms. The Bertz CT molecular complexity index is 511. The third-order valence-electron chi connectivity index (χ3n) is 3.22. The summed E-state index contributed by atoms with van der Waals surface area (Å²) in [5.41, 5.74) is 3.03. The third-order valence-corrected chi connectivity index (χ3v) is 4.19. The second-order valence-corrected chi connectivity index (χ2v) is 5.23. The Balaban J connectivity index is 2.51. The Kier molecular flexibility index (Phi) is 3.48. The lowest BCUT2D eigenvalue weighted by molar-refractivity contribution is 0.112. The summed E-state index contributed by atoms with van der Waals surface area (Å²) in [4.78, 5) is 12.3. The molecule has 0 aliphatic rings. The number of aromatic nitrogens is 1. The Labute approximate surface area is 106 Å². The van der Waals surface area contributed by atoms with E-state index < -0.39 is 0 Å². The van der Waals surface area contributed by atoms with E-state index in [0.717, 1.165) is 29.7 Å². The number of aryl methyl sites for hydroxylation is 1. The molecule has 0 fully saturated rings. The van der Waals surface area contributed by atoms with Crippen LogP contribution >= 0.6 is 11.3 Å². The predicted octanol–water partition coefficient (Wildman–Crippen LogP) is 3.98. The number of nitrogens with zero attached hydrogens (tertiary/aromatic N) is 1. The molecular weight excluding hydrogens is 230 g/mol. The lowest BCUT2D eigenvalue weighted by Gasteiger charge is -2.20. The van der Waals surface area contributed by atoms with E-state index in [1.807, 2.05) is 13.0 Å². The Morgan fingerprint density at radius 2 is 2.24 bits per heavy atom. The quantitative estimate of drug-likeness (QED) is 0.749. The van der Waals surface area contributed by atoms with Gasteiger partial charge in [-0.3, -0.25) is 4.79 Å². The van der Waals surface area contributed by atoms with Gasteiger partial charge in [-0.15, -0.1) is 11.3 Å². The van der Waals surface area contributed by atoms with Crippen molar-refractivity contribution in [2.75, 3.05) is 0 Å². The Hall–Kier alpha value is -1.35. The van der Waals surface area contributed by atoms with Gasteiger partial charge in [0.2, 0.25) is 0 Å². The van der Waals surface area contributed by atoms with Crippen LogP contribution in [0.4, 0.5) is 0 Å². The maximum Gasteiger partial charge on any atom is 0.151 e. The molecule has 0 bridgehead atoms. The van der Waals surface area contributed by atoms with Gasteiger partial charge >= 0.3 is 0 Å². The van der Waals surface area contributed by atoms with Crippen LogP contribution in [-0.2, 0) is 0 Å². The van der Waals surface area contributed by atoms with Crippen molar-refractivity contribution in [2.45, 2.75) is 33.2 Å². The maximum absolute atomic E-state index is 11.0. The van der Waals surface area contributed by atoms with Crippen molar-refractivity contribution in [3.05, 3.63) is 45.4 Å². The van der Waals surface area contributed by atoms with E-state index in [4.69, 9.17) is 0 Å². The molecule has 0 aliphatic carbocycles. The predicted molar refractivity (Wildman–Crippen MR) is 72.0 cm³/mol. The number of hydrogen-bond acceptors (Lipinski definition) is 2. The first-order valence-corrected chi connectivity index (χ1v) is 6.74. The summed E-state index contributed by atoms with van der Waals surface area (Å²) in [5.74, 6) is 0. The summed E-state index contributed by atoms with van der Waals surface area (Å²) < 4.78 is 2.27. The average molecular weight is 247 g/mol. The third kappa shape index (κ3) is 2.07. The Morgan fingerprint density at radius 3 is 2.71 bits per heavy atom. The smallest absolute Gasteiger partial charge is 0.151 e. The number of rotatable bonds is 4. The van der Waals surface area contributed by atoms with E-state index in [0.29, 0.717) is 6.04 Å². The van der Waals surface area contributed by atoms with Crippen molar-refractivity contribution < 1.29 is 4.79 Å². The first-order valence-electron chi connectivity index (χ1n) is 5.86. The van der Waals surface area contributed by atoms with Gasteiger partial charge in [0, 0.05) is 21.8 Å². The molecule has 2 aromatic rings. The monoisotopic (exact) mass is 247 g/mol. The van der Waals surface area contributed by atoms with Crippen molar-refractivity contribution in [2.24, 2.45) is 0 Å². The van der Waals surface area contributed by atoms with Crippen LogP contribution in [-0.4, -0.2) is 10.9 Å². The van der Waals surface area contributed by atoms with Crippen LogP contribution in [0.2, 0.25) is 0 Å². The second kappa shape index (κ2) is 4.88. The van der Waals surface area contributed by atoms with Crippen molar-refractivity contribution in [1.29, 1.82) is 0 Å². The van der Waals surface area contributed by atoms with E-state index in [9.17, 15) is 4.79 Å². The van der Waals surface area contributed by atoms with E-state index in [2.05, 4.69) is 35.9 Å². The van der Waals surface area contributed by atoms with E-state index >= 15 is 0 Å². The fourth-order valence-corrected chi connectivity index (χ4v) is 3.29. The molecule has 90 valence electrons. The Morgan fingerprint density at radius 1 is 1.47 bits per heavy atom. The van der Waals surface area contributed by atoms with Crippen LogP contribution in [0.5, 0.6) is 0 Å². The van der Waals surface area contributed by atoms with E-state index in [1.54, 1.807) is 11.3 Å². The first kappa shape index (κ1) is 12.1. The standard InChI is InChI=1S/C14H17NOS/c1-4-13(14-6-5-7-17-14)15-10(2)8-12(9-16)11(15)3/h5-9,13H,4H2,1-3H3. The molecule has 0 aromatic carbocycles. The molecule has 2 rings (SSSR count). The van der Waals surface area contributed by atoms with Crippen LogP contribution in [0, 0.1) is 13.8 Å². The molecule has 2 heterocycles. The number of thiophene rings is 1. The number of carbonyl (C=O) groups is 1. The zero-order valence-corrected chi connectivity index (χ0v) is 11.3. The fourth-order valence-electron chi connectivity index (χ4n) is 2.39. The molecule has 2 aromatic heterocycles. The van der Waals surface area contributed by atoms with Crippen LogP contribution in [0.1, 0.15) is 46.0 Å². The molecule has 0 spiro atoms. The fraction of sp³-hybridized carbons (Fsp3) is 0.357.